The number of carbonyl (C=O) groups excluding carboxylic acids is 1. The highest BCUT2D eigenvalue weighted by molar-refractivity contribution is 5.79. The summed E-state index contributed by atoms with van der Waals surface area (Å²) < 4.78 is 23.7. The van der Waals surface area contributed by atoms with Crippen LogP contribution in [-0.4, -0.2) is 128 Å². The second-order valence-electron chi connectivity index (χ2n) is 20.1. The lowest BCUT2D eigenvalue weighted by Crippen LogP contribution is -2.67. The molecular weight excluding hydrogens is 700 g/mol. The van der Waals surface area contributed by atoms with E-state index in [-0.39, 0.29) is 52.6 Å². The number of allylic oxidation sites excluding steroid dienone is 2. The summed E-state index contributed by atoms with van der Waals surface area (Å²) in [7, 11) is 0. The Balaban J connectivity index is 1.17. The molecular formula is C41H66O13. The predicted molar refractivity (Wildman–Crippen MR) is 193 cm³/mol. The molecule has 0 aromatic heterocycles. The number of rotatable bonds is 6. The van der Waals surface area contributed by atoms with Crippen LogP contribution >= 0.6 is 0 Å². The van der Waals surface area contributed by atoms with Crippen LogP contribution in [0.15, 0.2) is 11.6 Å². The molecule has 8 N–H and O–H groups in total. The molecule has 2 saturated heterocycles. The molecule has 0 amide bonds. The molecule has 13 nitrogen and oxygen atoms in total. The van der Waals surface area contributed by atoms with Gasteiger partial charge in [0.2, 0.25) is 6.29 Å². The number of ether oxygens (including phenoxy) is 4. The minimum absolute atomic E-state index is 0.0247. The van der Waals surface area contributed by atoms with Crippen LogP contribution in [0.3, 0.4) is 0 Å². The molecule has 0 radical (unpaired) electrons. The van der Waals surface area contributed by atoms with Gasteiger partial charge in [-0.1, -0.05) is 53.2 Å². The Hall–Kier alpha value is -1.23. The molecule has 7 rings (SSSR count). The first-order valence-electron chi connectivity index (χ1n) is 20.4. The van der Waals surface area contributed by atoms with E-state index in [1.54, 1.807) is 0 Å². The number of aliphatic hydroxyl groups is 8. The highest BCUT2D eigenvalue weighted by Crippen LogP contribution is 2.76. The summed E-state index contributed by atoms with van der Waals surface area (Å²) in [5.41, 5.74) is -0.724. The van der Waals surface area contributed by atoms with E-state index in [0.29, 0.717) is 19.3 Å². The maximum atomic E-state index is 14.5. The van der Waals surface area contributed by atoms with Crippen LogP contribution in [0, 0.1) is 50.2 Å². The first kappa shape index (κ1) is 40.9. The normalized spacial score (nSPS) is 54.3. The van der Waals surface area contributed by atoms with Gasteiger partial charge in [0, 0.05) is 5.41 Å². The predicted octanol–water partition coefficient (Wildman–Crippen LogP) is 1.93. The van der Waals surface area contributed by atoms with Crippen molar-refractivity contribution < 1.29 is 64.6 Å². The second kappa shape index (κ2) is 14.0. The van der Waals surface area contributed by atoms with Gasteiger partial charge in [-0.3, -0.25) is 4.79 Å². The van der Waals surface area contributed by atoms with Gasteiger partial charge >= 0.3 is 5.97 Å². The third kappa shape index (κ3) is 5.92. The molecule has 4 saturated carbocycles. The Morgan fingerprint density at radius 2 is 1.48 bits per heavy atom. The molecule has 54 heavy (non-hydrogen) atoms. The van der Waals surface area contributed by atoms with Crippen molar-refractivity contribution in [1.29, 1.82) is 0 Å². The molecule has 13 heteroatoms. The minimum atomic E-state index is -1.66. The van der Waals surface area contributed by atoms with E-state index in [9.17, 15) is 45.6 Å². The summed E-state index contributed by atoms with van der Waals surface area (Å²) >= 11 is 0. The van der Waals surface area contributed by atoms with Crippen molar-refractivity contribution in [1.82, 2.24) is 0 Å². The third-order valence-corrected chi connectivity index (χ3v) is 17.0. The topological polar surface area (TPSA) is 216 Å². The SMILES string of the molecule is CC1(C)CC[C@]2(C(=O)O[C@H]3O[C@@H](CO)[C@H](O)[C@@H](O)[C@@H]3O)CC[C@]3(C)C(=CC[C@@H]4[C@@]5(C)CC[C@H](O[C@H]6OC[C@@H](O)[C@@H](O)[C@@H]6O)[C@@](C)(CO)[C@@H]5CC[C@]43C)[C@@H]2C1. The second-order valence-corrected chi connectivity index (χ2v) is 20.1. The van der Waals surface area contributed by atoms with Gasteiger partial charge in [0.25, 0.3) is 0 Å². The zero-order valence-corrected chi connectivity index (χ0v) is 32.9. The number of hydrogen-bond donors (Lipinski definition) is 8. The van der Waals surface area contributed by atoms with Crippen molar-refractivity contribution in [2.45, 2.75) is 167 Å². The molecule has 0 bridgehead atoms. The smallest absolute Gasteiger partial charge is 0.315 e. The molecule has 0 unspecified atom stereocenters. The van der Waals surface area contributed by atoms with Crippen molar-refractivity contribution in [2.75, 3.05) is 19.8 Å². The third-order valence-electron chi connectivity index (χ3n) is 17.0. The van der Waals surface area contributed by atoms with E-state index in [4.69, 9.17) is 18.9 Å². The van der Waals surface area contributed by atoms with Gasteiger partial charge in [0.1, 0.15) is 42.7 Å². The van der Waals surface area contributed by atoms with Crippen LogP contribution in [-0.2, 0) is 23.7 Å². The van der Waals surface area contributed by atoms with Crippen LogP contribution in [0.4, 0.5) is 0 Å². The molecule has 7 aliphatic rings. The lowest BCUT2D eigenvalue weighted by Gasteiger charge is -2.71. The van der Waals surface area contributed by atoms with Crippen LogP contribution in [0.2, 0.25) is 0 Å². The largest absolute Gasteiger partial charge is 0.432 e. The molecule has 6 fully saturated rings. The molecule has 0 spiro atoms. The van der Waals surface area contributed by atoms with Crippen LogP contribution in [0.5, 0.6) is 0 Å². The lowest BCUT2D eigenvalue weighted by molar-refractivity contribution is -0.312. The van der Waals surface area contributed by atoms with E-state index in [1.165, 1.54) is 5.57 Å². The zero-order valence-electron chi connectivity index (χ0n) is 32.9. The number of fused-ring (bicyclic) bond motifs is 7. The highest BCUT2D eigenvalue weighted by Gasteiger charge is 2.70. The fourth-order valence-corrected chi connectivity index (χ4v) is 13.3. The number of aliphatic hydroxyl groups excluding tert-OH is 8. The van der Waals surface area contributed by atoms with E-state index in [1.807, 2.05) is 0 Å². The van der Waals surface area contributed by atoms with Gasteiger partial charge < -0.3 is 59.8 Å². The Morgan fingerprint density at radius 3 is 2.17 bits per heavy atom. The summed E-state index contributed by atoms with van der Waals surface area (Å²) in [4.78, 5) is 14.5. The van der Waals surface area contributed by atoms with Crippen LogP contribution in [0.1, 0.15) is 106 Å². The Labute approximate surface area is 319 Å². The van der Waals surface area contributed by atoms with Crippen LogP contribution < -0.4 is 0 Å². The number of carbonyl (C=O) groups is 1. The van der Waals surface area contributed by atoms with E-state index < -0.39 is 84.8 Å². The molecule has 0 aromatic rings. The molecule has 18 atom stereocenters. The van der Waals surface area contributed by atoms with Gasteiger partial charge in [-0.25, -0.2) is 0 Å². The summed E-state index contributed by atoms with van der Waals surface area (Å²) in [5.74, 6) is -0.193. The molecule has 0 aromatic carbocycles. The average molecular weight is 767 g/mol. The standard InChI is InChI=1S/C41H66O13/c1-36(2)13-15-41(35(50)54-34-32(49)30(47)29(46)24(18-42)52-34)16-14-39(5)21(22(41)17-36)7-8-26-37(3)11-10-27(53-33-31(48)28(45)23(44)19-51-33)38(4,20-43)25(37)9-12-40(26,39)6/h7,22-34,42-49H,8-20H2,1-6H3/t22-,23+,24-,25+,26+,27-,28+,29-,30+,31-,32-,33+,34+,37-,38-,39+,40+,41-/m0/s1. The van der Waals surface area contributed by atoms with E-state index in [0.717, 1.165) is 44.9 Å². The van der Waals surface area contributed by atoms with Gasteiger partial charge in [0.15, 0.2) is 6.29 Å². The van der Waals surface area contributed by atoms with Crippen molar-refractivity contribution >= 4 is 5.97 Å². The molecule has 2 aliphatic heterocycles. The maximum absolute atomic E-state index is 14.5. The quantitative estimate of drug-likeness (QED) is 0.110. The first-order valence-corrected chi connectivity index (χ1v) is 20.4. The maximum Gasteiger partial charge on any atom is 0.315 e. The summed E-state index contributed by atoms with van der Waals surface area (Å²) in [5, 5.41) is 83.4. The highest BCUT2D eigenvalue weighted by atomic mass is 16.7. The fourth-order valence-electron chi connectivity index (χ4n) is 13.3. The minimum Gasteiger partial charge on any atom is -0.432 e. The van der Waals surface area contributed by atoms with Crippen LogP contribution in [0.25, 0.3) is 0 Å². The fraction of sp³-hybridized carbons (Fsp3) is 0.927. The van der Waals surface area contributed by atoms with Gasteiger partial charge in [-0.15, -0.1) is 0 Å². The van der Waals surface area contributed by atoms with E-state index >= 15 is 0 Å². The van der Waals surface area contributed by atoms with E-state index in [2.05, 4.69) is 47.6 Å². The summed E-state index contributed by atoms with van der Waals surface area (Å²) in [6, 6.07) is 0. The van der Waals surface area contributed by atoms with Crippen molar-refractivity contribution in [3.63, 3.8) is 0 Å². The summed E-state index contributed by atoms with van der Waals surface area (Å²) in [6.07, 6.45) is -2.97. The Bertz CT molecular complexity index is 1450. The molecule has 2 heterocycles. The average Bonchev–Trinajstić information content (AvgIpc) is 3.13. The molecule has 5 aliphatic carbocycles. The van der Waals surface area contributed by atoms with Gasteiger partial charge in [-0.2, -0.15) is 0 Å². The molecule has 308 valence electrons. The van der Waals surface area contributed by atoms with Crippen molar-refractivity contribution in [3.05, 3.63) is 11.6 Å². The Kier molecular flexibility index (Phi) is 10.6. The number of hydrogen-bond acceptors (Lipinski definition) is 13. The monoisotopic (exact) mass is 766 g/mol. The van der Waals surface area contributed by atoms with Gasteiger partial charge in [-0.05, 0) is 104 Å². The first-order chi connectivity index (χ1) is 25.2. The van der Waals surface area contributed by atoms with Crippen molar-refractivity contribution in [3.8, 4) is 0 Å². The van der Waals surface area contributed by atoms with Crippen molar-refractivity contribution in [2.24, 2.45) is 50.2 Å². The zero-order chi connectivity index (χ0) is 39.4. The summed E-state index contributed by atoms with van der Waals surface area (Å²) in [6.45, 7) is 12.9. The number of esters is 1. The lowest BCUT2D eigenvalue weighted by atomic mass is 9.33. The van der Waals surface area contributed by atoms with Gasteiger partial charge in [0.05, 0.1) is 31.3 Å². The Morgan fingerprint density at radius 1 is 0.796 bits per heavy atom.